The minimum absolute atomic E-state index is 0.0815. The van der Waals surface area contributed by atoms with Gasteiger partial charge in [-0.1, -0.05) is 6.92 Å². The van der Waals surface area contributed by atoms with Crippen LogP contribution in [0.4, 0.5) is 0 Å². The number of hydrogen-bond acceptors (Lipinski definition) is 4. The fraction of sp³-hybridized carbons (Fsp3) is 0.364. The van der Waals surface area contributed by atoms with Crippen molar-refractivity contribution in [3.05, 3.63) is 28.7 Å². The highest BCUT2D eigenvalue weighted by atomic mass is 32.2. The first-order valence-corrected chi connectivity index (χ1v) is 7.06. The third kappa shape index (κ3) is 2.46. The first kappa shape index (κ1) is 12.8. The lowest BCUT2D eigenvalue weighted by Gasteiger charge is -2.11. The average Bonchev–Trinajstić information content (AvgIpc) is 2.67. The Morgan fingerprint density at radius 3 is 2.83 bits per heavy atom. The molecule has 0 amide bonds. The molecule has 0 bridgehead atoms. The molecular weight excluding hydrogens is 256 g/mol. The quantitative estimate of drug-likeness (QED) is 0.873. The van der Waals surface area contributed by atoms with Gasteiger partial charge in [0.05, 0.1) is 10.4 Å². The largest absolute Gasteiger partial charge is 0.417 e. The molecule has 2 rings (SSSR count). The van der Waals surface area contributed by atoms with Gasteiger partial charge >= 0.3 is 5.76 Å². The molecule has 98 valence electrons. The van der Waals surface area contributed by atoms with Crippen LogP contribution in [0.25, 0.3) is 11.1 Å². The summed E-state index contributed by atoms with van der Waals surface area (Å²) in [7, 11) is -3.58. The fourth-order valence-corrected chi connectivity index (χ4v) is 2.85. The normalized spacial score (nSPS) is 13.9. The van der Waals surface area contributed by atoms with E-state index in [1.54, 1.807) is 6.92 Å². The molecule has 18 heavy (non-hydrogen) atoms. The first-order chi connectivity index (χ1) is 8.42. The van der Waals surface area contributed by atoms with Crippen molar-refractivity contribution in [2.24, 2.45) is 0 Å². The molecule has 7 heteroatoms. The van der Waals surface area contributed by atoms with Crippen LogP contribution in [0.15, 0.2) is 32.3 Å². The summed E-state index contributed by atoms with van der Waals surface area (Å²) in [6.45, 7) is 3.67. The number of sulfonamides is 1. The molecule has 2 N–H and O–H groups in total. The second kappa shape index (κ2) is 4.58. The Bertz CT molecular complexity index is 714. The van der Waals surface area contributed by atoms with Crippen LogP contribution in [0.2, 0.25) is 0 Å². The lowest BCUT2D eigenvalue weighted by atomic mass is 10.3. The van der Waals surface area contributed by atoms with Crippen LogP contribution in [-0.4, -0.2) is 19.4 Å². The first-order valence-electron chi connectivity index (χ1n) is 5.57. The van der Waals surface area contributed by atoms with Crippen molar-refractivity contribution in [2.45, 2.75) is 31.2 Å². The topological polar surface area (TPSA) is 92.2 Å². The Hall–Kier alpha value is -1.60. The highest BCUT2D eigenvalue weighted by Gasteiger charge is 2.17. The molecule has 0 radical (unpaired) electrons. The number of fused-ring (bicyclic) bond motifs is 1. The molecule has 0 saturated carbocycles. The summed E-state index contributed by atoms with van der Waals surface area (Å²) in [5.41, 5.74) is 0.703. The molecule has 1 atom stereocenters. The van der Waals surface area contributed by atoms with Gasteiger partial charge in [0.2, 0.25) is 10.0 Å². The van der Waals surface area contributed by atoms with E-state index >= 15 is 0 Å². The zero-order valence-electron chi connectivity index (χ0n) is 10.1. The molecule has 2 aromatic rings. The number of aromatic nitrogens is 1. The lowest BCUT2D eigenvalue weighted by Crippen LogP contribution is -2.31. The molecule has 1 heterocycles. The summed E-state index contributed by atoms with van der Waals surface area (Å²) in [4.78, 5) is 13.5. The van der Waals surface area contributed by atoms with E-state index in [4.69, 9.17) is 4.42 Å². The van der Waals surface area contributed by atoms with Gasteiger partial charge in [-0.05, 0) is 25.5 Å². The Morgan fingerprint density at radius 2 is 2.17 bits per heavy atom. The molecule has 0 aliphatic rings. The molecule has 1 unspecified atom stereocenters. The van der Waals surface area contributed by atoms with E-state index in [1.807, 2.05) is 6.92 Å². The summed E-state index contributed by atoms with van der Waals surface area (Å²) in [5.74, 6) is -0.602. The third-order valence-corrected chi connectivity index (χ3v) is 4.26. The van der Waals surface area contributed by atoms with Crippen molar-refractivity contribution in [3.8, 4) is 0 Å². The summed E-state index contributed by atoms with van der Waals surface area (Å²) in [6.07, 6.45) is 0.695. The van der Waals surface area contributed by atoms with Crippen LogP contribution in [0.3, 0.4) is 0 Å². The average molecular weight is 270 g/mol. The molecule has 6 nitrogen and oxygen atoms in total. The number of hydrogen-bond donors (Lipinski definition) is 2. The zero-order chi connectivity index (χ0) is 13.3. The smallest absolute Gasteiger partial charge is 0.408 e. The SMILES string of the molecule is CCC(C)NS(=O)(=O)c1ccc2[nH]c(=O)oc2c1. The van der Waals surface area contributed by atoms with E-state index in [2.05, 4.69) is 9.71 Å². The Kier molecular flexibility index (Phi) is 3.27. The number of aromatic amines is 1. The van der Waals surface area contributed by atoms with Crippen molar-refractivity contribution in [1.82, 2.24) is 9.71 Å². The summed E-state index contributed by atoms with van der Waals surface area (Å²) in [5, 5.41) is 0. The number of oxazole rings is 1. The van der Waals surface area contributed by atoms with E-state index in [-0.39, 0.29) is 16.5 Å². The molecule has 0 spiro atoms. The van der Waals surface area contributed by atoms with Crippen LogP contribution in [-0.2, 0) is 10.0 Å². The minimum atomic E-state index is -3.58. The summed E-state index contributed by atoms with van der Waals surface area (Å²) < 4.78 is 31.4. The highest BCUT2D eigenvalue weighted by molar-refractivity contribution is 7.89. The van der Waals surface area contributed by atoms with Gasteiger partial charge in [0, 0.05) is 12.1 Å². The van der Waals surface area contributed by atoms with Crippen molar-refractivity contribution >= 4 is 21.1 Å². The molecule has 1 aromatic carbocycles. The number of H-pyrrole nitrogens is 1. The second-order valence-electron chi connectivity index (χ2n) is 4.10. The molecule has 0 fully saturated rings. The maximum atomic E-state index is 12.0. The maximum Gasteiger partial charge on any atom is 0.417 e. The molecule has 0 saturated heterocycles. The summed E-state index contributed by atoms with van der Waals surface area (Å²) in [6, 6.07) is 4.12. The van der Waals surface area contributed by atoms with Crippen LogP contribution >= 0.6 is 0 Å². The van der Waals surface area contributed by atoms with E-state index in [1.165, 1.54) is 18.2 Å². The number of benzene rings is 1. The van der Waals surface area contributed by atoms with Gasteiger partial charge in [0.15, 0.2) is 5.58 Å². The van der Waals surface area contributed by atoms with Crippen molar-refractivity contribution in [3.63, 3.8) is 0 Å². The predicted octanol–water partition coefficient (Wildman–Crippen LogP) is 1.20. The maximum absolute atomic E-state index is 12.0. The van der Waals surface area contributed by atoms with Gasteiger partial charge in [-0.3, -0.25) is 4.98 Å². The van der Waals surface area contributed by atoms with E-state index in [0.717, 1.165) is 0 Å². The standard InChI is InChI=1S/C11H14N2O4S/c1-3-7(2)13-18(15,16)8-4-5-9-10(6-8)17-11(14)12-9/h4-7,13H,3H2,1-2H3,(H,12,14). The minimum Gasteiger partial charge on any atom is -0.408 e. The summed E-state index contributed by atoms with van der Waals surface area (Å²) >= 11 is 0. The fourth-order valence-electron chi connectivity index (χ4n) is 1.51. The van der Waals surface area contributed by atoms with Gasteiger partial charge in [0.1, 0.15) is 0 Å². The van der Waals surface area contributed by atoms with Crippen molar-refractivity contribution in [2.75, 3.05) is 0 Å². The van der Waals surface area contributed by atoms with Crippen molar-refractivity contribution < 1.29 is 12.8 Å². The molecule has 1 aromatic heterocycles. The van der Waals surface area contributed by atoms with Gasteiger partial charge < -0.3 is 4.42 Å². The number of rotatable bonds is 4. The van der Waals surface area contributed by atoms with Gasteiger partial charge in [-0.25, -0.2) is 17.9 Å². The van der Waals surface area contributed by atoms with Crippen LogP contribution < -0.4 is 10.5 Å². The van der Waals surface area contributed by atoms with Crippen LogP contribution in [0.1, 0.15) is 20.3 Å². The van der Waals surface area contributed by atoms with Gasteiger partial charge in [-0.15, -0.1) is 0 Å². The van der Waals surface area contributed by atoms with Crippen LogP contribution in [0, 0.1) is 0 Å². The monoisotopic (exact) mass is 270 g/mol. The molecule has 0 aliphatic heterocycles. The van der Waals surface area contributed by atoms with E-state index in [0.29, 0.717) is 11.9 Å². The predicted molar refractivity (Wildman–Crippen MR) is 66.9 cm³/mol. The van der Waals surface area contributed by atoms with E-state index < -0.39 is 15.8 Å². The van der Waals surface area contributed by atoms with Crippen molar-refractivity contribution in [1.29, 1.82) is 0 Å². The van der Waals surface area contributed by atoms with Gasteiger partial charge in [0.25, 0.3) is 0 Å². The lowest BCUT2D eigenvalue weighted by molar-refractivity contribution is 0.549. The molecular formula is C11H14N2O4S. The Morgan fingerprint density at radius 1 is 1.44 bits per heavy atom. The molecule has 0 aliphatic carbocycles. The highest BCUT2D eigenvalue weighted by Crippen LogP contribution is 2.16. The number of nitrogens with one attached hydrogen (secondary N) is 2. The Balaban J connectivity index is 2.44. The van der Waals surface area contributed by atoms with Gasteiger partial charge in [-0.2, -0.15) is 0 Å². The van der Waals surface area contributed by atoms with Crippen LogP contribution in [0.5, 0.6) is 0 Å². The third-order valence-electron chi connectivity index (χ3n) is 2.67. The second-order valence-corrected chi connectivity index (χ2v) is 5.82. The van der Waals surface area contributed by atoms with E-state index in [9.17, 15) is 13.2 Å². The zero-order valence-corrected chi connectivity index (χ0v) is 10.9. The Labute approximate surface area is 104 Å².